The lowest BCUT2D eigenvalue weighted by atomic mass is 9.46. The van der Waals surface area contributed by atoms with Gasteiger partial charge in [0.15, 0.2) is 0 Å². The molecule has 0 saturated heterocycles. The van der Waals surface area contributed by atoms with Crippen LogP contribution in [-0.2, 0) is 5.60 Å². The number of allylic oxidation sites excluding steroid dienone is 1. The van der Waals surface area contributed by atoms with E-state index in [1.54, 1.807) is 5.57 Å². The second-order valence-corrected chi connectivity index (χ2v) is 13.8. The molecule has 3 fully saturated rings. The highest BCUT2D eigenvalue weighted by atomic mass is 16.3. The van der Waals surface area contributed by atoms with Gasteiger partial charge in [-0.25, -0.2) is 0 Å². The predicted molar refractivity (Wildman–Crippen MR) is 140 cm³/mol. The summed E-state index contributed by atoms with van der Waals surface area (Å²) in [5.74, 6) is 3.88. The zero-order valence-electron chi connectivity index (χ0n) is 22.3. The van der Waals surface area contributed by atoms with Gasteiger partial charge in [0.25, 0.3) is 0 Å². The molecule has 0 heterocycles. The molecule has 0 unspecified atom stereocenters. The standard InChI is InChI=1S/C32H48O2/c1-22(15-18-32(5,34)23-9-7-6-8-10-23)26-13-14-27-25-12-11-24-21-29(2,33)19-20-30(24,3)28(25)16-17-31(26,27)4/h6-11,22,25-28,33-34H,12-21H2,1-5H3/t22-,25+,26-,27+,28+,29+,30+,31-,32-/m1/s1. The summed E-state index contributed by atoms with van der Waals surface area (Å²) in [4.78, 5) is 0. The Morgan fingerprint density at radius 2 is 1.74 bits per heavy atom. The van der Waals surface area contributed by atoms with Crippen molar-refractivity contribution < 1.29 is 10.2 Å². The van der Waals surface area contributed by atoms with Crippen molar-refractivity contribution in [1.29, 1.82) is 0 Å². The van der Waals surface area contributed by atoms with Gasteiger partial charge >= 0.3 is 0 Å². The van der Waals surface area contributed by atoms with E-state index >= 15 is 0 Å². The van der Waals surface area contributed by atoms with Crippen molar-refractivity contribution in [3.63, 3.8) is 0 Å². The van der Waals surface area contributed by atoms with Gasteiger partial charge in [-0.05, 0) is 124 Å². The molecule has 0 bridgehead atoms. The molecule has 4 aliphatic rings. The average Bonchev–Trinajstić information content (AvgIpc) is 3.16. The van der Waals surface area contributed by atoms with Crippen molar-refractivity contribution in [2.75, 3.05) is 0 Å². The maximum atomic E-state index is 11.2. The van der Waals surface area contributed by atoms with Crippen LogP contribution in [0.1, 0.15) is 104 Å². The van der Waals surface area contributed by atoms with E-state index < -0.39 is 11.2 Å². The van der Waals surface area contributed by atoms with Crippen LogP contribution in [0.5, 0.6) is 0 Å². The quantitative estimate of drug-likeness (QED) is 0.440. The Morgan fingerprint density at radius 1 is 1.00 bits per heavy atom. The van der Waals surface area contributed by atoms with Crippen LogP contribution < -0.4 is 0 Å². The van der Waals surface area contributed by atoms with Crippen molar-refractivity contribution in [1.82, 2.24) is 0 Å². The van der Waals surface area contributed by atoms with Crippen LogP contribution in [0.15, 0.2) is 42.0 Å². The van der Waals surface area contributed by atoms with Crippen molar-refractivity contribution >= 4 is 0 Å². The molecule has 4 aliphatic carbocycles. The van der Waals surface area contributed by atoms with Gasteiger partial charge in [0.2, 0.25) is 0 Å². The fraction of sp³-hybridized carbons (Fsp3) is 0.750. The minimum atomic E-state index is -0.743. The number of benzene rings is 1. The molecule has 188 valence electrons. The highest BCUT2D eigenvalue weighted by Gasteiger charge is 2.59. The van der Waals surface area contributed by atoms with E-state index in [4.69, 9.17) is 0 Å². The molecule has 2 heteroatoms. The molecule has 0 aromatic heterocycles. The molecule has 0 spiro atoms. The van der Waals surface area contributed by atoms with Crippen LogP contribution in [0.4, 0.5) is 0 Å². The fourth-order valence-corrected chi connectivity index (χ4v) is 9.43. The molecule has 34 heavy (non-hydrogen) atoms. The van der Waals surface area contributed by atoms with Gasteiger partial charge < -0.3 is 10.2 Å². The molecular weight excluding hydrogens is 416 g/mol. The number of hydrogen-bond donors (Lipinski definition) is 2. The molecule has 5 rings (SSSR count). The third-order valence-electron chi connectivity index (χ3n) is 11.6. The first-order valence-corrected chi connectivity index (χ1v) is 14.2. The van der Waals surface area contributed by atoms with Crippen molar-refractivity contribution in [3.8, 4) is 0 Å². The third kappa shape index (κ3) is 4.01. The number of rotatable bonds is 5. The van der Waals surface area contributed by atoms with Gasteiger partial charge in [0.1, 0.15) is 0 Å². The van der Waals surface area contributed by atoms with Crippen molar-refractivity contribution in [3.05, 3.63) is 47.5 Å². The normalized spacial score (nSPS) is 44.3. The van der Waals surface area contributed by atoms with Crippen LogP contribution in [0.3, 0.4) is 0 Å². The maximum absolute atomic E-state index is 11.2. The van der Waals surface area contributed by atoms with E-state index in [0.29, 0.717) is 16.7 Å². The Morgan fingerprint density at radius 3 is 2.47 bits per heavy atom. The van der Waals surface area contributed by atoms with E-state index in [0.717, 1.165) is 61.3 Å². The summed E-state index contributed by atoms with van der Waals surface area (Å²) in [6.07, 6.45) is 14.2. The smallest absolute Gasteiger partial charge is 0.0868 e. The Bertz CT molecular complexity index is 914. The first-order chi connectivity index (χ1) is 16.0. The van der Waals surface area contributed by atoms with E-state index in [1.165, 1.54) is 32.1 Å². The largest absolute Gasteiger partial charge is 0.390 e. The minimum absolute atomic E-state index is 0.310. The van der Waals surface area contributed by atoms with Gasteiger partial charge in [-0.2, -0.15) is 0 Å². The number of fused-ring (bicyclic) bond motifs is 5. The zero-order valence-corrected chi connectivity index (χ0v) is 22.3. The Balaban J connectivity index is 1.29. The molecule has 0 amide bonds. The first kappa shape index (κ1) is 24.6. The van der Waals surface area contributed by atoms with Crippen LogP contribution in [0, 0.1) is 40.4 Å². The second kappa shape index (κ2) is 8.48. The van der Waals surface area contributed by atoms with Crippen molar-refractivity contribution in [2.24, 2.45) is 40.4 Å². The van der Waals surface area contributed by atoms with E-state index in [1.807, 2.05) is 32.0 Å². The highest BCUT2D eigenvalue weighted by molar-refractivity contribution is 5.27. The Hall–Kier alpha value is -1.12. The highest BCUT2D eigenvalue weighted by Crippen LogP contribution is 2.67. The molecule has 2 N–H and O–H groups in total. The molecule has 9 atom stereocenters. The maximum Gasteiger partial charge on any atom is 0.0868 e. The number of hydrogen-bond acceptors (Lipinski definition) is 2. The summed E-state index contributed by atoms with van der Waals surface area (Å²) in [6.45, 7) is 11.7. The molecule has 1 aromatic rings. The summed E-state index contributed by atoms with van der Waals surface area (Å²) >= 11 is 0. The van der Waals surface area contributed by atoms with Gasteiger partial charge in [-0.1, -0.05) is 62.8 Å². The van der Waals surface area contributed by atoms with Gasteiger partial charge in [0.05, 0.1) is 11.2 Å². The van der Waals surface area contributed by atoms with Gasteiger partial charge in [-0.3, -0.25) is 0 Å². The van der Waals surface area contributed by atoms with Crippen LogP contribution >= 0.6 is 0 Å². The molecular formula is C32H48O2. The molecule has 3 saturated carbocycles. The van der Waals surface area contributed by atoms with Gasteiger partial charge in [-0.15, -0.1) is 0 Å². The first-order valence-electron chi connectivity index (χ1n) is 14.2. The number of aliphatic hydroxyl groups is 2. The Kier molecular flexibility index (Phi) is 6.13. The lowest BCUT2D eigenvalue weighted by Gasteiger charge is -2.59. The van der Waals surface area contributed by atoms with Crippen LogP contribution in [0.2, 0.25) is 0 Å². The van der Waals surface area contributed by atoms with E-state index in [2.05, 4.69) is 39.0 Å². The minimum Gasteiger partial charge on any atom is -0.390 e. The summed E-state index contributed by atoms with van der Waals surface area (Å²) in [5, 5.41) is 21.9. The topological polar surface area (TPSA) is 40.5 Å². The summed E-state index contributed by atoms with van der Waals surface area (Å²) < 4.78 is 0. The third-order valence-corrected chi connectivity index (χ3v) is 11.6. The summed E-state index contributed by atoms with van der Waals surface area (Å²) in [6, 6.07) is 10.2. The lowest BCUT2D eigenvalue weighted by molar-refractivity contribution is -0.0715. The fourth-order valence-electron chi connectivity index (χ4n) is 9.43. The summed E-state index contributed by atoms with van der Waals surface area (Å²) in [7, 11) is 0. The second-order valence-electron chi connectivity index (χ2n) is 13.8. The predicted octanol–water partition coefficient (Wildman–Crippen LogP) is 7.64. The lowest BCUT2D eigenvalue weighted by Crippen LogP contribution is -2.52. The summed E-state index contributed by atoms with van der Waals surface area (Å²) in [5.41, 5.74) is 2.12. The SMILES string of the molecule is C[C@H](CC[C@@](C)(O)c1ccccc1)[C@H]1CC[C@H]2[C@@H]3CC=C4C[C@@](C)(O)CC[C@]4(C)[C@H]3CC[C@]12C. The molecule has 0 radical (unpaired) electrons. The van der Waals surface area contributed by atoms with Crippen LogP contribution in [-0.4, -0.2) is 15.8 Å². The van der Waals surface area contributed by atoms with E-state index in [9.17, 15) is 10.2 Å². The average molecular weight is 465 g/mol. The molecule has 1 aromatic carbocycles. The zero-order chi connectivity index (χ0) is 24.4. The van der Waals surface area contributed by atoms with Crippen molar-refractivity contribution in [2.45, 2.75) is 110 Å². The molecule has 0 aliphatic heterocycles. The van der Waals surface area contributed by atoms with Gasteiger partial charge in [0, 0.05) is 0 Å². The monoisotopic (exact) mass is 464 g/mol. The van der Waals surface area contributed by atoms with E-state index in [-0.39, 0.29) is 0 Å². The van der Waals surface area contributed by atoms with Crippen LogP contribution in [0.25, 0.3) is 0 Å². The molecule has 2 nitrogen and oxygen atoms in total. The Labute approximate surface area is 208 Å².